The lowest BCUT2D eigenvalue weighted by Crippen LogP contribution is -2.45. The van der Waals surface area contributed by atoms with Crippen molar-refractivity contribution >= 4 is 11.8 Å². The Hall–Kier alpha value is -2.67. The third kappa shape index (κ3) is 4.24. The number of nitrogens with zero attached hydrogens (tertiary/aromatic N) is 2. The molecule has 0 saturated carbocycles. The number of carbonyl (C=O) groups excluding carboxylic acids is 1. The van der Waals surface area contributed by atoms with E-state index >= 15 is 0 Å². The van der Waals surface area contributed by atoms with Crippen molar-refractivity contribution in [1.82, 2.24) is 15.6 Å². The predicted octanol–water partition coefficient (Wildman–Crippen LogP) is 1.83. The van der Waals surface area contributed by atoms with Crippen LogP contribution in [-0.2, 0) is 0 Å². The van der Waals surface area contributed by atoms with Crippen molar-refractivity contribution in [2.24, 2.45) is 0 Å². The average Bonchev–Trinajstić information content (AvgIpc) is 3.09. The van der Waals surface area contributed by atoms with Crippen LogP contribution in [0.15, 0.2) is 48.7 Å². The second-order valence-electron chi connectivity index (χ2n) is 6.00. The van der Waals surface area contributed by atoms with Crippen LogP contribution in [0.3, 0.4) is 0 Å². The predicted molar refractivity (Wildman–Crippen MR) is 92.7 cm³/mol. The number of carbonyl (C=O) groups is 1. The van der Waals surface area contributed by atoms with Crippen molar-refractivity contribution in [2.45, 2.75) is 18.5 Å². The molecule has 1 fully saturated rings. The lowest BCUT2D eigenvalue weighted by Gasteiger charge is -2.20. The van der Waals surface area contributed by atoms with Gasteiger partial charge in [-0.1, -0.05) is 30.3 Å². The first-order chi connectivity index (χ1) is 12.2. The number of anilines is 1. The van der Waals surface area contributed by atoms with E-state index in [0.717, 1.165) is 5.56 Å². The summed E-state index contributed by atoms with van der Waals surface area (Å²) in [5, 5.41) is 15.2. The highest BCUT2D eigenvalue weighted by Gasteiger charge is 2.27. The van der Waals surface area contributed by atoms with Gasteiger partial charge in [-0.05, 0) is 24.1 Å². The minimum Gasteiger partial charge on any atom is -0.394 e. The zero-order valence-electron chi connectivity index (χ0n) is 13.7. The first-order valence-corrected chi connectivity index (χ1v) is 8.25. The number of aliphatic hydroxyl groups excluding tert-OH is 1. The molecule has 2 amide bonds. The molecule has 0 spiro atoms. The van der Waals surface area contributed by atoms with Crippen LogP contribution in [0.25, 0.3) is 0 Å². The van der Waals surface area contributed by atoms with Gasteiger partial charge in [0.2, 0.25) is 0 Å². The van der Waals surface area contributed by atoms with Crippen LogP contribution in [0, 0.1) is 5.82 Å². The van der Waals surface area contributed by atoms with Crippen molar-refractivity contribution in [3.05, 3.63) is 60.0 Å². The summed E-state index contributed by atoms with van der Waals surface area (Å²) in [4.78, 5) is 18.1. The maximum Gasteiger partial charge on any atom is 0.315 e. The summed E-state index contributed by atoms with van der Waals surface area (Å²) in [7, 11) is 0. The Bertz CT molecular complexity index is 713. The van der Waals surface area contributed by atoms with E-state index < -0.39 is 6.04 Å². The van der Waals surface area contributed by atoms with E-state index in [-0.39, 0.29) is 24.5 Å². The molecule has 1 aromatic carbocycles. The van der Waals surface area contributed by atoms with Gasteiger partial charge in [-0.2, -0.15) is 0 Å². The van der Waals surface area contributed by atoms with Crippen LogP contribution < -0.4 is 15.5 Å². The van der Waals surface area contributed by atoms with Crippen LogP contribution in [0.1, 0.15) is 18.0 Å². The molecule has 0 unspecified atom stereocenters. The van der Waals surface area contributed by atoms with Crippen LogP contribution >= 0.6 is 0 Å². The summed E-state index contributed by atoms with van der Waals surface area (Å²) in [6.45, 7) is 0.935. The summed E-state index contributed by atoms with van der Waals surface area (Å²) in [5.74, 6) is -0.0539. The summed E-state index contributed by atoms with van der Waals surface area (Å²) in [6, 6.07) is 11.3. The first-order valence-electron chi connectivity index (χ1n) is 8.25. The van der Waals surface area contributed by atoms with Crippen LogP contribution in [-0.4, -0.2) is 41.9 Å². The number of hydrogen-bond donors (Lipinski definition) is 3. The van der Waals surface area contributed by atoms with E-state index in [1.807, 2.05) is 35.2 Å². The average molecular weight is 344 g/mol. The number of benzene rings is 1. The Morgan fingerprint density at radius 1 is 1.32 bits per heavy atom. The molecule has 25 heavy (non-hydrogen) atoms. The quantitative estimate of drug-likeness (QED) is 0.773. The Labute approximate surface area is 145 Å². The number of rotatable bonds is 5. The lowest BCUT2D eigenvalue weighted by molar-refractivity contribution is 0.214. The highest BCUT2D eigenvalue weighted by Crippen LogP contribution is 2.20. The summed E-state index contributed by atoms with van der Waals surface area (Å²) < 4.78 is 13.8. The smallest absolute Gasteiger partial charge is 0.315 e. The number of pyridine rings is 1. The number of halogens is 1. The van der Waals surface area contributed by atoms with Gasteiger partial charge in [0.15, 0.2) is 11.6 Å². The highest BCUT2D eigenvalue weighted by molar-refractivity contribution is 5.75. The molecule has 3 N–H and O–H groups in total. The Balaban J connectivity index is 1.54. The third-order valence-corrected chi connectivity index (χ3v) is 4.25. The molecule has 2 heterocycles. The number of nitrogens with one attached hydrogen (secondary N) is 2. The molecule has 1 aliphatic rings. The van der Waals surface area contributed by atoms with Crippen LogP contribution in [0.4, 0.5) is 15.0 Å². The highest BCUT2D eigenvalue weighted by atomic mass is 19.1. The van der Waals surface area contributed by atoms with Gasteiger partial charge >= 0.3 is 6.03 Å². The first kappa shape index (κ1) is 17.2. The molecule has 1 saturated heterocycles. The molecule has 2 atom stereocenters. The van der Waals surface area contributed by atoms with Gasteiger partial charge in [0.25, 0.3) is 0 Å². The normalized spacial score (nSPS) is 18.0. The summed E-state index contributed by atoms with van der Waals surface area (Å²) in [5.41, 5.74) is 0.837. The molecular formula is C18H21FN4O2. The Morgan fingerprint density at radius 2 is 2.12 bits per heavy atom. The standard InChI is InChI=1S/C18H21FN4O2/c19-15-7-4-9-20-17(15)23-10-8-14(11-23)21-18(25)22-16(12-24)13-5-2-1-3-6-13/h1-7,9,14,16,24H,8,10-12H2,(H2,21,22,25)/t14-,16+/m0/s1. The fourth-order valence-electron chi connectivity index (χ4n) is 2.99. The zero-order chi connectivity index (χ0) is 17.6. The number of aromatic nitrogens is 1. The van der Waals surface area contributed by atoms with Gasteiger partial charge in [0.05, 0.1) is 12.6 Å². The van der Waals surface area contributed by atoms with Crippen molar-refractivity contribution < 1.29 is 14.3 Å². The lowest BCUT2D eigenvalue weighted by atomic mass is 10.1. The summed E-state index contributed by atoms with van der Waals surface area (Å²) >= 11 is 0. The minimum atomic E-state index is -0.466. The molecule has 3 rings (SSSR count). The maximum absolute atomic E-state index is 13.8. The number of hydrogen-bond acceptors (Lipinski definition) is 4. The molecular weight excluding hydrogens is 323 g/mol. The van der Waals surface area contributed by atoms with Crippen LogP contribution in [0.2, 0.25) is 0 Å². The monoisotopic (exact) mass is 344 g/mol. The van der Waals surface area contributed by atoms with Crippen LogP contribution in [0.5, 0.6) is 0 Å². The topological polar surface area (TPSA) is 77.5 Å². The van der Waals surface area contributed by atoms with E-state index in [0.29, 0.717) is 25.3 Å². The minimum absolute atomic E-state index is 0.100. The van der Waals surface area contributed by atoms with Crippen molar-refractivity contribution in [3.8, 4) is 0 Å². The van der Waals surface area contributed by atoms with Gasteiger partial charge in [-0.15, -0.1) is 0 Å². The van der Waals surface area contributed by atoms with Gasteiger partial charge in [-0.3, -0.25) is 0 Å². The van der Waals surface area contributed by atoms with Crippen molar-refractivity contribution in [2.75, 3.05) is 24.6 Å². The van der Waals surface area contributed by atoms with E-state index in [4.69, 9.17) is 0 Å². The third-order valence-electron chi connectivity index (χ3n) is 4.25. The van der Waals surface area contributed by atoms with Crippen molar-refractivity contribution in [3.63, 3.8) is 0 Å². The number of urea groups is 1. The second kappa shape index (κ2) is 7.94. The molecule has 1 aromatic heterocycles. The van der Waals surface area contributed by atoms with E-state index in [1.54, 1.807) is 12.3 Å². The Kier molecular flexibility index (Phi) is 5.45. The molecule has 132 valence electrons. The maximum atomic E-state index is 13.8. The molecule has 2 aromatic rings. The Morgan fingerprint density at radius 3 is 2.84 bits per heavy atom. The molecule has 0 radical (unpaired) electrons. The molecule has 0 bridgehead atoms. The van der Waals surface area contributed by atoms with Crippen molar-refractivity contribution in [1.29, 1.82) is 0 Å². The fraction of sp³-hybridized carbons (Fsp3) is 0.333. The second-order valence-corrected chi connectivity index (χ2v) is 6.00. The number of aliphatic hydroxyl groups is 1. The van der Waals surface area contributed by atoms with E-state index in [2.05, 4.69) is 15.6 Å². The van der Waals surface area contributed by atoms with Gasteiger partial charge in [0, 0.05) is 25.3 Å². The largest absolute Gasteiger partial charge is 0.394 e. The molecule has 6 nitrogen and oxygen atoms in total. The number of amides is 2. The van der Waals surface area contributed by atoms with Gasteiger partial charge in [-0.25, -0.2) is 14.2 Å². The molecule has 7 heteroatoms. The molecule has 0 aliphatic carbocycles. The zero-order valence-corrected chi connectivity index (χ0v) is 13.7. The summed E-state index contributed by atoms with van der Waals surface area (Å²) in [6.07, 6.45) is 2.26. The molecule has 1 aliphatic heterocycles. The van der Waals surface area contributed by atoms with Gasteiger partial charge in [0.1, 0.15) is 0 Å². The van der Waals surface area contributed by atoms with E-state index in [1.165, 1.54) is 6.07 Å². The fourth-order valence-corrected chi connectivity index (χ4v) is 2.99. The van der Waals surface area contributed by atoms with Gasteiger partial charge < -0.3 is 20.6 Å². The SMILES string of the molecule is O=C(N[C@H]1CCN(c2ncccc2F)C1)N[C@H](CO)c1ccccc1. The van der Waals surface area contributed by atoms with E-state index in [9.17, 15) is 14.3 Å².